The highest BCUT2D eigenvalue weighted by Crippen LogP contribution is 2.18. The monoisotopic (exact) mass is 254 g/mol. The van der Waals surface area contributed by atoms with Crippen LogP contribution in [-0.4, -0.2) is 10.8 Å². The van der Waals surface area contributed by atoms with Crippen LogP contribution < -0.4 is 0 Å². The molecular weight excluding hydrogens is 240 g/mol. The summed E-state index contributed by atoms with van der Waals surface area (Å²) in [4.78, 5) is 14.8. The molecule has 0 N–H and O–H groups in total. The summed E-state index contributed by atoms with van der Waals surface area (Å²) < 4.78 is 0. The third-order valence-corrected chi connectivity index (χ3v) is 2.93. The van der Waals surface area contributed by atoms with Crippen molar-refractivity contribution in [3.63, 3.8) is 0 Å². The molecule has 2 rings (SSSR count). The molecule has 0 amide bonds. The smallest absolute Gasteiger partial charge is 0.358 e. The molecular formula is C15H14N2O2. The van der Waals surface area contributed by atoms with Crippen molar-refractivity contribution in [3.8, 4) is 0 Å². The molecule has 0 bridgehead atoms. The number of nitro groups is 1. The van der Waals surface area contributed by atoms with Crippen LogP contribution in [0.3, 0.4) is 0 Å². The van der Waals surface area contributed by atoms with Gasteiger partial charge in [0.25, 0.3) is 0 Å². The predicted octanol–water partition coefficient (Wildman–Crippen LogP) is 3.66. The van der Waals surface area contributed by atoms with E-state index in [0.717, 1.165) is 11.1 Å². The summed E-state index contributed by atoms with van der Waals surface area (Å²) >= 11 is 0. The molecule has 0 atom stereocenters. The standard InChI is InChI=1S/C15H14N2O2/c1-11-8-9-14(10-12(11)2)16-15(17(18)19)13-6-4-3-5-7-13/h3-10H,1-2H3. The normalized spacial score (nSPS) is 11.4. The second kappa shape index (κ2) is 5.44. The molecule has 0 aliphatic heterocycles. The van der Waals surface area contributed by atoms with Crippen LogP contribution in [0.5, 0.6) is 0 Å². The van der Waals surface area contributed by atoms with Crippen LogP contribution in [0.1, 0.15) is 16.7 Å². The summed E-state index contributed by atoms with van der Waals surface area (Å²) in [7, 11) is 0. The van der Waals surface area contributed by atoms with E-state index in [4.69, 9.17) is 0 Å². The molecule has 0 heterocycles. The van der Waals surface area contributed by atoms with E-state index >= 15 is 0 Å². The van der Waals surface area contributed by atoms with E-state index in [9.17, 15) is 10.1 Å². The summed E-state index contributed by atoms with van der Waals surface area (Å²) in [5.41, 5.74) is 3.31. The first kappa shape index (κ1) is 13.0. The molecule has 0 unspecified atom stereocenters. The van der Waals surface area contributed by atoms with Gasteiger partial charge in [0.2, 0.25) is 0 Å². The molecule has 0 radical (unpaired) electrons. The Hall–Kier alpha value is -2.49. The van der Waals surface area contributed by atoms with Gasteiger partial charge in [-0.15, -0.1) is 0 Å². The van der Waals surface area contributed by atoms with Gasteiger partial charge in [-0.1, -0.05) is 24.3 Å². The molecule has 2 aromatic carbocycles. The van der Waals surface area contributed by atoms with E-state index in [1.807, 2.05) is 32.0 Å². The molecule has 0 spiro atoms. The maximum atomic E-state index is 11.1. The largest absolute Gasteiger partial charge is 0.371 e. The first-order valence-electron chi connectivity index (χ1n) is 5.93. The fourth-order valence-corrected chi connectivity index (χ4v) is 1.72. The van der Waals surface area contributed by atoms with Crippen LogP contribution in [-0.2, 0) is 0 Å². The maximum Gasteiger partial charge on any atom is 0.371 e. The number of nitrogens with zero attached hydrogens (tertiary/aromatic N) is 2. The van der Waals surface area contributed by atoms with Crippen molar-refractivity contribution in [2.45, 2.75) is 13.8 Å². The lowest BCUT2D eigenvalue weighted by atomic mass is 10.1. The first-order chi connectivity index (χ1) is 9.08. The van der Waals surface area contributed by atoms with Crippen LogP contribution in [0.4, 0.5) is 5.69 Å². The van der Waals surface area contributed by atoms with Gasteiger partial charge in [0.05, 0.1) is 5.56 Å². The Balaban J connectivity index is 2.47. The minimum Gasteiger partial charge on any atom is -0.358 e. The van der Waals surface area contributed by atoms with Crippen molar-refractivity contribution < 1.29 is 4.92 Å². The highest BCUT2D eigenvalue weighted by molar-refractivity contribution is 5.94. The van der Waals surface area contributed by atoms with Crippen LogP contribution in [0.2, 0.25) is 0 Å². The van der Waals surface area contributed by atoms with Crippen molar-refractivity contribution in [2.24, 2.45) is 4.99 Å². The average Bonchev–Trinajstić information content (AvgIpc) is 2.40. The zero-order valence-corrected chi connectivity index (χ0v) is 10.8. The number of amidine groups is 1. The van der Waals surface area contributed by atoms with E-state index in [2.05, 4.69) is 4.99 Å². The van der Waals surface area contributed by atoms with Crippen LogP contribution in [0.15, 0.2) is 53.5 Å². The Labute approximate surface area is 111 Å². The second-order valence-corrected chi connectivity index (χ2v) is 4.33. The number of hydrogen-bond donors (Lipinski definition) is 0. The molecule has 19 heavy (non-hydrogen) atoms. The first-order valence-corrected chi connectivity index (χ1v) is 5.93. The lowest BCUT2D eigenvalue weighted by Crippen LogP contribution is -2.12. The van der Waals surface area contributed by atoms with E-state index in [1.54, 1.807) is 30.3 Å². The fraction of sp³-hybridized carbons (Fsp3) is 0.133. The number of aliphatic imine (C=N–C) groups is 1. The van der Waals surface area contributed by atoms with E-state index < -0.39 is 4.92 Å². The predicted molar refractivity (Wildman–Crippen MR) is 75.5 cm³/mol. The van der Waals surface area contributed by atoms with Gasteiger partial charge in [-0.05, 0) is 59.2 Å². The van der Waals surface area contributed by atoms with E-state index in [-0.39, 0.29) is 5.84 Å². The zero-order chi connectivity index (χ0) is 13.8. The minimum absolute atomic E-state index is 0.135. The molecule has 0 aliphatic rings. The number of benzene rings is 2. The van der Waals surface area contributed by atoms with Gasteiger partial charge in [-0.3, -0.25) is 0 Å². The Morgan fingerprint density at radius 1 is 1.05 bits per heavy atom. The van der Waals surface area contributed by atoms with Gasteiger partial charge in [-0.2, -0.15) is 0 Å². The van der Waals surface area contributed by atoms with Crippen molar-refractivity contribution >= 4 is 11.5 Å². The number of hydrogen-bond acceptors (Lipinski definition) is 3. The summed E-state index contributed by atoms with van der Waals surface area (Å²) in [6.45, 7) is 3.96. The Morgan fingerprint density at radius 2 is 1.74 bits per heavy atom. The number of rotatable bonds is 2. The van der Waals surface area contributed by atoms with E-state index in [0.29, 0.717) is 11.3 Å². The van der Waals surface area contributed by atoms with Gasteiger partial charge in [-0.25, -0.2) is 0 Å². The zero-order valence-electron chi connectivity index (χ0n) is 10.8. The minimum atomic E-state index is -0.454. The Bertz CT molecular complexity index is 634. The van der Waals surface area contributed by atoms with Crippen molar-refractivity contribution in [1.82, 2.24) is 0 Å². The summed E-state index contributed by atoms with van der Waals surface area (Å²) in [6, 6.07) is 14.2. The van der Waals surface area contributed by atoms with Crippen molar-refractivity contribution in [2.75, 3.05) is 0 Å². The molecule has 0 aromatic heterocycles. The summed E-state index contributed by atoms with van der Waals surface area (Å²) in [5.74, 6) is -0.135. The summed E-state index contributed by atoms with van der Waals surface area (Å²) in [6.07, 6.45) is 0. The van der Waals surface area contributed by atoms with Gasteiger partial charge in [0, 0.05) is 0 Å². The molecule has 4 heteroatoms. The molecule has 2 aromatic rings. The molecule has 0 aliphatic carbocycles. The Morgan fingerprint density at radius 3 is 2.32 bits per heavy atom. The van der Waals surface area contributed by atoms with Gasteiger partial charge in [0.1, 0.15) is 0 Å². The molecule has 0 saturated heterocycles. The molecule has 4 nitrogen and oxygen atoms in total. The average molecular weight is 254 g/mol. The van der Waals surface area contributed by atoms with Gasteiger partial charge in [0.15, 0.2) is 5.69 Å². The molecule has 0 saturated carbocycles. The van der Waals surface area contributed by atoms with Crippen LogP contribution >= 0.6 is 0 Å². The van der Waals surface area contributed by atoms with Crippen LogP contribution in [0.25, 0.3) is 0 Å². The quantitative estimate of drug-likeness (QED) is 0.355. The highest BCUT2D eigenvalue weighted by atomic mass is 16.6. The third-order valence-electron chi connectivity index (χ3n) is 2.93. The second-order valence-electron chi connectivity index (χ2n) is 4.33. The molecule has 0 fully saturated rings. The Kier molecular flexibility index (Phi) is 3.71. The van der Waals surface area contributed by atoms with Crippen molar-refractivity contribution in [1.29, 1.82) is 0 Å². The maximum absolute atomic E-state index is 11.1. The van der Waals surface area contributed by atoms with Crippen molar-refractivity contribution in [3.05, 3.63) is 75.3 Å². The highest BCUT2D eigenvalue weighted by Gasteiger charge is 2.16. The third kappa shape index (κ3) is 3.04. The number of aryl methyl sites for hydroxylation is 2. The molecule has 96 valence electrons. The SMILES string of the molecule is Cc1ccc(N=C(c2ccccc2)[N+](=O)[O-])cc1C. The van der Waals surface area contributed by atoms with Crippen LogP contribution in [0, 0.1) is 24.0 Å². The van der Waals surface area contributed by atoms with E-state index in [1.165, 1.54) is 0 Å². The van der Waals surface area contributed by atoms with Gasteiger partial charge >= 0.3 is 5.84 Å². The summed E-state index contributed by atoms with van der Waals surface area (Å²) in [5, 5.41) is 11.1. The van der Waals surface area contributed by atoms with Gasteiger partial charge < -0.3 is 10.1 Å². The lowest BCUT2D eigenvalue weighted by Gasteiger charge is -2.00. The lowest BCUT2D eigenvalue weighted by molar-refractivity contribution is -0.348. The fourth-order valence-electron chi connectivity index (χ4n) is 1.72. The topological polar surface area (TPSA) is 55.5 Å².